The predicted octanol–water partition coefficient (Wildman–Crippen LogP) is 2.87. The number of nitrogens with one attached hydrogen (secondary N) is 2. The van der Waals surface area contributed by atoms with Gasteiger partial charge >= 0.3 is 12.2 Å². The van der Waals surface area contributed by atoms with E-state index < -0.39 is 29.0 Å². The molecule has 35 heavy (non-hydrogen) atoms. The Morgan fingerprint density at radius 1 is 1.20 bits per heavy atom. The number of fused-ring (bicyclic) bond motifs is 1. The molecular weight excluding hydrogens is 465 g/mol. The lowest BCUT2D eigenvalue weighted by Gasteiger charge is -2.37. The number of H-pyrrole nitrogens is 1. The Bertz CT molecular complexity index is 1290. The van der Waals surface area contributed by atoms with Crippen molar-refractivity contribution in [3.05, 3.63) is 40.4 Å². The number of hydrogen-bond acceptors (Lipinski definition) is 6. The molecule has 1 fully saturated rings. The third-order valence-electron chi connectivity index (χ3n) is 6.26. The van der Waals surface area contributed by atoms with Crippen molar-refractivity contribution in [1.82, 2.24) is 24.6 Å². The van der Waals surface area contributed by atoms with E-state index in [0.717, 1.165) is 21.5 Å². The molecule has 0 spiro atoms. The van der Waals surface area contributed by atoms with Gasteiger partial charge in [-0.05, 0) is 25.0 Å². The number of hydrogen-bond donors (Lipinski definition) is 2. The Morgan fingerprint density at radius 3 is 2.51 bits per heavy atom. The monoisotopic (exact) mass is 492 g/mol. The number of nitrogens with zero attached hydrogens (tertiary/aromatic N) is 6. The second-order valence-electron chi connectivity index (χ2n) is 8.85. The molecule has 2 N–H and O–H groups in total. The molecular formula is C22H27F3N8O2. The standard InChI is InChI=1S/C22H27F3N8O2/c1-30(2)19-16-10-15(11-26-18(16)28-29-19)33-7-5-14(6-8-33)32(4)21(35)27-17-9-13(22(23,24)25)12-31(3)20(17)34/h9-12,14H,5-8H2,1-4H3,(H,27,35)(H,26,28,29). The number of pyridine rings is 2. The lowest BCUT2D eigenvalue weighted by atomic mass is 10.0. The molecule has 0 aliphatic carbocycles. The van der Waals surface area contributed by atoms with E-state index in [1.165, 1.54) is 11.9 Å². The van der Waals surface area contributed by atoms with Crippen LogP contribution < -0.4 is 20.7 Å². The second-order valence-corrected chi connectivity index (χ2v) is 8.85. The number of rotatable bonds is 4. The van der Waals surface area contributed by atoms with Crippen LogP contribution in [0, 0.1) is 0 Å². The topological polar surface area (TPSA) is 102 Å². The highest BCUT2D eigenvalue weighted by Crippen LogP contribution is 2.30. The maximum Gasteiger partial charge on any atom is 0.417 e. The number of carbonyl (C=O) groups is 1. The third-order valence-corrected chi connectivity index (χ3v) is 6.26. The summed E-state index contributed by atoms with van der Waals surface area (Å²) in [6, 6.07) is 1.93. The van der Waals surface area contributed by atoms with Gasteiger partial charge < -0.3 is 24.6 Å². The Kier molecular flexibility index (Phi) is 6.34. The molecule has 0 atom stereocenters. The molecule has 2 amide bonds. The van der Waals surface area contributed by atoms with E-state index in [1.54, 1.807) is 13.2 Å². The average molecular weight is 493 g/mol. The molecule has 13 heteroatoms. The van der Waals surface area contributed by atoms with Crippen LogP contribution in [-0.2, 0) is 13.2 Å². The molecule has 4 heterocycles. The van der Waals surface area contributed by atoms with Crippen molar-refractivity contribution in [2.24, 2.45) is 7.05 Å². The number of aryl methyl sites for hydroxylation is 1. The number of urea groups is 1. The molecule has 188 valence electrons. The Morgan fingerprint density at radius 2 is 1.89 bits per heavy atom. The summed E-state index contributed by atoms with van der Waals surface area (Å²) < 4.78 is 40.2. The number of alkyl halides is 3. The van der Waals surface area contributed by atoms with Crippen LogP contribution in [0.2, 0.25) is 0 Å². The van der Waals surface area contributed by atoms with E-state index in [9.17, 15) is 22.8 Å². The van der Waals surface area contributed by atoms with Gasteiger partial charge in [0.15, 0.2) is 11.5 Å². The minimum atomic E-state index is -4.63. The third kappa shape index (κ3) is 4.88. The zero-order valence-corrected chi connectivity index (χ0v) is 19.8. The number of aromatic nitrogens is 4. The molecule has 0 radical (unpaired) electrons. The van der Waals surface area contributed by atoms with Crippen LogP contribution in [0.5, 0.6) is 0 Å². The number of anilines is 3. The summed E-state index contributed by atoms with van der Waals surface area (Å²) >= 11 is 0. The summed E-state index contributed by atoms with van der Waals surface area (Å²) in [5.74, 6) is 0.793. The molecule has 0 bridgehead atoms. The van der Waals surface area contributed by atoms with E-state index >= 15 is 0 Å². The van der Waals surface area contributed by atoms with Gasteiger partial charge in [-0.25, -0.2) is 9.78 Å². The first kappa shape index (κ1) is 24.4. The maximum atomic E-state index is 13.1. The Labute approximate surface area is 199 Å². The highest BCUT2D eigenvalue weighted by molar-refractivity contribution is 5.90. The van der Waals surface area contributed by atoms with Crippen LogP contribution in [0.15, 0.2) is 29.3 Å². The fourth-order valence-electron chi connectivity index (χ4n) is 4.23. The molecule has 3 aromatic rings. The number of amides is 2. The minimum Gasteiger partial charge on any atom is -0.370 e. The Hall–Kier alpha value is -3.77. The lowest BCUT2D eigenvalue weighted by molar-refractivity contribution is -0.138. The summed E-state index contributed by atoms with van der Waals surface area (Å²) in [4.78, 5) is 35.0. The van der Waals surface area contributed by atoms with Crippen molar-refractivity contribution in [1.29, 1.82) is 0 Å². The van der Waals surface area contributed by atoms with E-state index in [-0.39, 0.29) is 6.04 Å². The molecule has 4 rings (SSSR count). The number of carbonyl (C=O) groups excluding carboxylic acids is 1. The molecule has 3 aromatic heterocycles. The van der Waals surface area contributed by atoms with Crippen LogP contribution in [0.4, 0.5) is 35.2 Å². The van der Waals surface area contributed by atoms with E-state index in [4.69, 9.17) is 0 Å². The van der Waals surface area contributed by atoms with Crippen LogP contribution in [0.1, 0.15) is 18.4 Å². The summed E-state index contributed by atoms with van der Waals surface area (Å²) in [6.07, 6.45) is -0.858. The first-order valence-electron chi connectivity index (χ1n) is 11.0. The number of piperidine rings is 1. The van der Waals surface area contributed by atoms with Gasteiger partial charge in [0.25, 0.3) is 5.56 Å². The van der Waals surface area contributed by atoms with Gasteiger partial charge in [0.2, 0.25) is 0 Å². The first-order chi connectivity index (χ1) is 16.5. The van der Waals surface area contributed by atoms with Crippen molar-refractivity contribution >= 4 is 34.3 Å². The van der Waals surface area contributed by atoms with Crippen LogP contribution in [-0.4, -0.2) is 71.0 Å². The van der Waals surface area contributed by atoms with Crippen molar-refractivity contribution in [2.75, 3.05) is 49.3 Å². The Balaban J connectivity index is 1.42. The largest absolute Gasteiger partial charge is 0.417 e. The summed E-state index contributed by atoms with van der Waals surface area (Å²) in [5.41, 5.74) is -0.488. The normalized spacial score (nSPS) is 14.9. The van der Waals surface area contributed by atoms with Crippen molar-refractivity contribution in [2.45, 2.75) is 25.1 Å². The van der Waals surface area contributed by atoms with Crippen molar-refractivity contribution in [3.63, 3.8) is 0 Å². The fraction of sp³-hybridized carbons (Fsp3) is 0.455. The average Bonchev–Trinajstić information content (AvgIpc) is 3.24. The molecule has 1 aliphatic rings. The smallest absolute Gasteiger partial charge is 0.370 e. The van der Waals surface area contributed by atoms with Gasteiger partial charge in [-0.15, -0.1) is 0 Å². The number of aromatic amines is 1. The molecule has 1 saturated heterocycles. The quantitative estimate of drug-likeness (QED) is 0.581. The van der Waals surface area contributed by atoms with E-state index in [0.29, 0.717) is 43.8 Å². The SMILES string of the molecule is CN(C)c1n[nH]c2ncc(N3CCC(N(C)C(=O)Nc4cc(C(F)(F)F)cn(C)c4=O)CC3)cc12. The summed E-state index contributed by atoms with van der Waals surface area (Å²) in [6.45, 7) is 1.33. The highest BCUT2D eigenvalue weighted by atomic mass is 19.4. The maximum absolute atomic E-state index is 13.1. The minimum absolute atomic E-state index is 0.135. The summed E-state index contributed by atoms with van der Waals surface area (Å²) in [7, 11) is 6.60. The first-order valence-corrected chi connectivity index (χ1v) is 11.0. The molecule has 10 nitrogen and oxygen atoms in total. The zero-order valence-electron chi connectivity index (χ0n) is 19.8. The van der Waals surface area contributed by atoms with Gasteiger partial charge in [0.05, 0.1) is 22.8 Å². The fourth-order valence-corrected chi connectivity index (χ4v) is 4.23. The van der Waals surface area contributed by atoms with Gasteiger partial charge in [0, 0.05) is 53.5 Å². The molecule has 0 unspecified atom stereocenters. The van der Waals surface area contributed by atoms with Crippen LogP contribution in [0.25, 0.3) is 11.0 Å². The van der Waals surface area contributed by atoms with Crippen LogP contribution in [0.3, 0.4) is 0 Å². The number of halogens is 3. The van der Waals surface area contributed by atoms with Gasteiger partial charge in [-0.1, -0.05) is 0 Å². The van der Waals surface area contributed by atoms with Crippen molar-refractivity contribution < 1.29 is 18.0 Å². The second kappa shape index (κ2) is 9.12. The summed E-state index contributed by atoms with van der Waals surface area (Å²) in [5, 5.41) is 10.5. The van der Waals surface area contributed by atoms with Gasteiger partial charge in [0.1, 0.15) is 5.69 Å². The van der Waals surface area contributed by atoms with Gasteiger partial charge in [-0.2, -0.15) is 18.3 Å². The van der Waals surface area contributed by atoms with E-state index in [1.807, 2.05) is 25.1 Å². The predicted molar refractivity (Wildman–Crippen MR) is 127 cm³/mol. The zero-order chi connectivity index (χ0) is 25.5. The van der Waals surface area contributed by atoms with Gasteiger partial charge in [-0.3, -0.25) is 9.89 Å². The van der Waals surface area contributed by atoms with Crippen molar-refractivity contribution in [3.8, 4) is 0 Å². The molecule has 1 aliphatic heterocycles. The molecule has 0 aromatic carbocycles. The van der Waals surface area contributed by atoms with Crippen LogP contribution >= 0.6 is 0 Å². The molecule has 0 saturated carbocycles. The lowest BCUT2D eigenvalue weighted by Crippen LogP contribution is -2.47. The highest BCUT2D eigenvalue weighted by Gasteiger charge is 2.33. The van der Waals surface area contributed by atoms with E-state index in [2.05, 4.69) is 25.4 Å².